The summed E-state index contributed by atoms with van der Waals surface area (Å²) in [5, 5.41) is 0. The van der Waals surface area contributed by atoms with Crippen LogP contribution < -0.4 is 4.74 Å². The first kappa shape index (κ1) is 35.5. The summed E-state index contributed by atoms with van der Waals surface area (Å²) >= 11 is 0. The minimum Gasteiger partial charge on any atom is -0.489 e. The summed E-state index contributed by atoms with van der Waals surface area (Å²) in [6.07, 6.45) is 3.14. The molecule has 0 N–H and O–H groups in total. The van der Waals surface area contributed by atoms with Gasteiger partial charge in [0.05, 0.1) is 18.5 Å². The first-order chi connectivity index (χ1) is 24.9. The van der Waals surface area contributed by atoms with E-state index in [1.165, 1.54) is 0 Å². The molecule has 9 nitrogen and oxygen atoms in total. The highest BCUT2D eigenvalue weighted by molar-refractivity contribution is 5.95. The second-order valence-corrected chi connectivity index (χ2v) is 13.2. The van der Waals surface area contributed by atoms with Crippen LogP contribution in [-0.2, 0) is 20.9 Å². The second-order valence-electron chi connectivity index (χ2n) is 13.2. The van der Waals surface area contributed by atoms with Crippen molar-refractivity contribution in [1.82, 2.24) is 9.80 Å². The molecule has 7 rings (SSSR count). The third kappa shape index (κ3) is 9.29. The number of carbonyl (C=O) groups excluding carboxylic acids is 4. The standard InChI is InChI=1S/C42H44N2O7/c1-2-44(41(47)34-15-11-30(28-45)12-16-34)23-24-49-42(48)35-17-13-31(14-18-35)29-50-37-10-6-9-36(25-37)38(32-7-4-3-5-8-32)26-40(46)51-39-27-43-21-19-33(39)20-22-43/h3-18,25,28,33,38-39H,2,19-24,26-27,29H2,1H3/t38-,39-/m0/s1. The van der Waals surface area contributed by atoms with Crippen LogP contribution in [0.5, 0.6) is 5.75 Å². The van der Waals surface area contributed by atoms with Gasteiger partial charge in [0, 0.05) is 30.1 Å². The van der Waals surface area contributed by atoms with E-state index in [2.05, 4.69) is 4.90 Å². The van der Waals surface area contributed by atoms with Crippen molar-refractivity contribution in [2.24, 2.45) is 5.92 Å². The molecule has 0 aliphatic carbocycles. The monoisotopic (exact) mass is 688 g/mol. The molecule has 4 aromatic carbocycles. The summed E-state index contributed by atoms with van der Waals surface area (Å²) in [6, 6.07) is 31.3. The molecular formula is C42H44N2O7. The summed E-state index contributed by atoms with van der Waals surface area (Å²) in [7, 11) is 0. The minimum atomic E-state index is -0.479. The Labute approximate surface area is 299 Å². The van der Waals surface area contributed by atoms with E-state index in [1.807, 2.05) is 73.7 Å². The minimum absolute atomic E-state index is 0.0261. The van der Waals surface area contributed by atoms with Gasteiger partial charge in [0.25, 0.3) is 5.91 Å². The van der Waals surface area contributed by atoms with Crippen LogP contribution >= 0.6 is 0 Å². The number of hydrogen-bond acceptors (Lipinski definition) is 8. The Hall–Kier alpha value is -5.28. The van der Waals surface area contributed by atoms with Gasteiger partial charge in [0.15, 0.2) is 0 Å². The van der Waals surface area contributed by atoms with E-state index < -0.39 is 5.97 Å². The lowest BCUT2D eigenvalue weighted by molar-refractivity contribution is -0.159. The number of carbonyl (C=O) groups is 4. The average molecular weight is 689 g/mol. The quantitative estimate of drug-likeness (QED) is 0.102. The van der Waals surface area contributed by atoms with E-state index in [0.29, 0.717) is 34.9 Å². The lowest BCUT2D eigenvalue weighted by Gasteiger charge is -2.44. The zero-order valence-electron chi connectivity index (χ0n) is 28.9. The molecule has 4 aromatic rings. The van der Waals surface area contributed by atoms with Gasteiger partial charge in [-0.3, -0.25) is 19.3 Å². The summed E-state index contributed by atoms with van der Waals surface area (Å²) in [5.74, 6) is 0.113. The molecular weight excluding hydrogens is 644 g/mol. The smallest absolute Gasteiger partial charge is 0.338 e. The highest BCUT2D eigenvalue weighted by Crippen LogP contribution is 2.33. The molecule has 2 atom stereocenters. The number of aldehydes is 1. The number of ether oxygens (including phenoxy) is 3. The van der Waals surface area contributed by atoms with Crippen LogP contribution in [0.4, 0.5) is 0 Å². The Balaban J connectivity index is 1.01. The highest BCUT2D eigenvalue weighted by atomic mass is 16.5. The third-order valence-corrected chi connectivity index (χ3v) is 9.86. The molecule has 0 radical (unpaired) electrons. The van der Waals surface area contributed by atoms with Gasteiger partial charge in [-0.15, -0.1) is 0 Å². The number of piperidine rings is 3. The predicted octanol–water partition coefficient (Wildman–Crippen LogP) is 6.56. The molecule has 3 fully saturated rings. The van der Waals surface area contributed by atoms with Crippen LogP contribution in [0.15, 0.2) is 103 Å². The van der Waals surface area contributed by atoms with Crippen molar-refractivity contribution in [3.8, 4) is 5.75 Å². The number of fused-ring (bicyclic) bond motifs is 3. The predicted molar refractivity (Wildman–Crippen MR) is 193 cm³/mol. The van der Waals surface area contributed by atoms with E-state index >= 15 is 0 Å². The van der Waals surface area contributed by atoms with Crippen molar-refractivity contribution >= 4 is 24.1 Å². The molecule has 0 unspecified atom stereocenters. The van der Waals surface area contributed by atoms with Crippen LogP contribution in [-0.4, -0.2) is 79.4 Å². The molecule has 0 spiro atoms. The van der Waals surface area contributed by atoms with E-state index in [4.69, 9.17) is 14.2 Å². The summed E-state index contributed by atoms with van der Waals surface area (Å²) in [4.78, 5) is 53.7. The lowest BCUT2D eigenvalue weighted by atomic mass is 9.85. The molecule has 3 saturated heterocycles. The maximum atomic E-state index is 13.3. The van der Waals surface area contributed by atoms with Gasteiger partial charge in [0.2, 0.25) is 0 Å². The molecule has 0 saturated carbocycles. The largest absolute Gasteiger partial charge is 0.489 e. The van der Waals surface area contributed by atoms with E-state index in [-0.39, 0.29) is 50.1 Å². The van der Waals surface area contributed by atoms with Crippen LogP contribution in [0.2, 0.25) is 0 Å². The number of benzene rings is 4. The average Bonchev–Trinajstić information content (AvgIpc) is 3.18. The Morgan fingerprint density at radius 3 is 2.24 bits per heavy atom. The van der Waals surface area contributed by atoms with Crippen molar-refractivity contribution in [2.75, 3.05) is 39.3 Å². The normalized spacial score (nSPS) is 18.3. The molecule has 51 heavy (non-hydrogen) atoms. The molecule has 1 amide bonds. The number of hydrogen-bond donors (Lipinski definition) is 0. The fourth-order valence-corrected chi connectivity index (χ4v) is 6.89. The summed E-state index contributed by atoms with van der Waals surface area (Å²) < 4.78 is 17.7. The lowest BCUT2D eigenvalue weighted by Crippen LogP contribution is -2.52. The molecule has 264 valence electrons. The molecule has 2 bridgehead atoms. The van der Waals surface area contributed by atoms with Crippen molar-refractivity contribution in [2.45, 2.75) is 44.8 Å². The second kappa shape index (κ2) is 17.1. The van der Waals surface area contributed by atoms with Crippen molar-refractivity contribution in [1.29, 1.82) is 0 Å². The van der Waals surface area contributed by atoms with Gasteiger partial charge in [0.1, 0.15) is 31.4 Å². The van der Waals surface area contributed by atoms with Gasteiger partial charge in [-0.1, -0.05) is 66.7 Å². The first-order valence-electron chi connectivity index (χ1n) is 17.7. The Kier molecular flexibility index (Phi) is 11.9. The molecule has 3 aliphatic heterocycles. The van der Waals surface area contributed by atoms with E-state index in [0.717, 1.165) is 55.5 Å². The van der Waals surface area contributed by atoms with Gasteiger partial charge in [-0.25, -0.2) is 4.79 Å². The fourth-order valence-electron chi connectivity index (χ4n) is 6.89. The number of nitrogens with zero attached hydrogens (tertiary/aromatic N) is 2. The van der Waals surface area contributed by atoms with Gasteiger partial charge < -0.3 is 19.1 Å². The van der Waals surface area contributed by atoms with Gasteiger partial charge >= 0.3 is 11.9 Å². The van der Waals surface area contributed by atoms with Crippen molar-refractivity contribution < 1.29 is 33.4 Å². The molecule has 3 heterocycles. The topological polar surface area (TPSA) is 102 Å². The Morgan fingerprint density at radius 1 is 0.863 bits per heavy atom. The maximum Gasteiger partial charge on any atom is 0.338 e. The highest BCUT2D eigenvalue weighted by Gasteiger charge is 2.37. The first-order valence-corrected chi connectivity index (χ1v) is 17.7. The molecule has 0 aromatic heterocycles. The van der Waals surface area contributed by atoms with Crippen molar-refractivity contribution in [3.63, 3.8) is 0 Å². The van der Waals surface area contributed by atoms with Gasteiger partial charge in [-0.05, 0) is 91.9 Å². The SMILES string of the molecule is CCN(CCOC(=O)c1ccc(COc2cccc([C@@H](CC(=O)O[C@H]3CN4CCC3CC4)c3ccccc3)c2)cc1)C(=O)c1ccc(C=O)cc1. The molecule has 9 heteroatoms. The maximum absolute atomic E-state index is 13.3. The Bertz CT molecular complexity index is 1780. The summed E-state index contributed by atoms with van der Waals surface area (Å²) in [5.41, 5.74) is 4.26. The number of amides is 1. The van der Waals surface area contributed by atoms with E-state index in [9.17, 15) is 19.2 Å². The number of esters is 2. The van der Waals surface area contributed by atoms with E-state index in [1.54, 1.807) is 41.3 Å². The fraction of sp³-hybridized carbons (Fsp3) is 0.333. The number of likely N-dealkylation sites (N-methyl/N-ethyl adjacent to an activating group) is 1. The molecule has 3 aliphatic rings. The zero-order chi connectivity index (χ0) is 35.6. The van der Waals surface area contributed by atoms with Crippen LogP contribution in [0.3, 0.4) is 0 Å². The zero-order valence-corrected chi connectivity index (χ0v) is 28.9. The van der Waals surface area contributed by atoms with Crippen LogP contribution in [0.25, 0.3) is 0 Å². The van der Waals surface area contributed by atoms with Crippen LogP contribution in [0.1, 0.15) is 79.9 Å². The van der Waals surface area contributed by atoms with Crippen LogP contribution in [0, 0.1) is 5.92 Å². The number of rotatable bonds is 15. The summed E-state index contributed by atoms with van der Waals surface area (Å²) in [6.45, 7) is 5.91. The van der Waals surface area contributed by atoms with Crippen molar-refractivity contribution in [3.05, 3.63) is 137 Å². The van der Waals surface area contributed by atoms with Gasteiger partial charge in [-0.2, -0.15) is 0 Å². The Morgan fingerprint density at radius 2 is 1.57 bits per heavy atom. The third-order valence-electron chi connectivity index (χ3n) is 9.86.